The number of carbonyl (C=O) groups excluding carboxylic acids is 1. The van der Waals surface area contributed by atoms with Crippen molar-refractivity contribution >= 4 is 16.9 Å². The number of hydrogen-bond acceptors (Lipinski definition) is 5. The smallest absolute Gasteiger partial charge is 0.374 e. The van der Waals surface area contributed by atoms with E-state index in [-0.39, 0.29) is 12.4 Å². The van der Waals surface area contributed by atoms with Gasteiger partial charge in [0.05, 0.1) is 13.7 Å². The van der Waals surface area contributed by atoms with Crippen molar-refractivity contribution < 1.29 is 23.4 Å². The van der Waals surface area contributed by atoms with Gasteiger partial charge in [-0.1, -0.05) is 30.3 Å². The van der Waals surface area contributed by atoms with E-state index in [4.69, 9.17) is 18.6 Å². The van der Waals surface area contributed by atoms with Crippen molar-refractivity contribution in [2.75, 3.05) is 13.7 Å². The third-order valence-electron chi connectivity index (χ3n) is 3.86. The monoisotopic (exact) mass is 340 g/mol. The summed E-state index contributed by atoms with van der Waals surface area (Å²) in [5.74, 6) is 0.455. The zero-order valence-corrected chi connectivity index (χ0v) is 14.3. The van der Waals surface area contributed by atoms with Crippen LogP contribution in [0.1, 0.15) is 28.6 Å². The molecule has 0 aliphatic heterocycles. The summed E-state index contributed by atoms with van der Waals surface area (Å²) in [7, 11) is 1.61. The minimum Gasteiger partial charge on any atom is -0.497 e. The maximum absolute atomic E-state index is 12.5. The summed E-state index contributed by atoms with van der Waals surface area (Å²) in [5, 5.41) is 0.868. The van der Waals surface area contributed by atoms with Gasteiger partial charge in [-0.3, -0.25) is 0 Å². The van der Waals surface area contributed by atoms with Crippen molar-refractivity contribution in [1.82, 2.24) is 0 Å². The Balaban J connectivity index is 1.78. The maximum atomic E-state index is 12.5. The van der Waals surface area contributed by atoms with Crippen molar-refractivity contribution in [3.63, 3.8) is 0 Å². The van der Waals surface area contributed by atoms with Gasteiger partial charge in [0.1, 0.15) is 17.9 Å². The zero-order valence-electron chi connectivity index (χ0n) is 14.3. The van der Waals surface area contributed by atoms with Crippen LogP contribution in [0.3, 0.4) is 0 Å². The summed E-state index contributed by atoms with van der Waals surface area (Å²) in [4.78, 5) is 12.5. The van der Waals surface area contributed by atoms with E-state index in [1.165, 1.54) is 0 Å². The number of ether oxygens (including phenoxy) is 3. The Morgan fingerprint density at radius 1 is 1.04 bits per heavy atom. The van der Waals surface area contributed by atoms with Crippen LogP contribution in [-0.4, -0.2) is 19.7 Å². The Morgan fingerprint density at radius 2 is 1.80 bits per heavy atom. The van der Waals surface area contributed by atoms with Crippen LogP contribution in [0.2, 0.25) is 0 Å². The second-order valence-electron chi connectivity index (χ2n) is 5.47. The minimum absolute atomic E-state index is 0.161. The minimum atomic E-state index is -0.498. The molecule has 0 saturated heterocycles. The predicted octanol–water partition coefficient (Wildman–Crippen LogP) is 4.33. The largest absolute Gasteiger partial charge is 0.497 e. The van der Waals surface area contributed by atoms with E-state index in [0.29, 0.717) is 18.8 Å². The zero-order chi connectivity index (χ0) is 17.6. The molecule has 0 fully saturated rings. The lowest BCUT2D eigenvalue weighted by Crippen LogP contribution is -2.07. The topological polar surface area (TPSA) is 57.9 Å². The molecule has 25 heavy (non-hydrogen) atoms. The van der Waals surface area contributed by atoms with E-state index in [1.807, 2.05) is 55.5 Å². The lowest BCUT2D eigenvalue weighted by molar-refractivity contribution is 0.0430. The fraction of sp³-hybridized carbons (Fsp3) is 0.250. The number of benzene rings is 2. The predicted molar refractivity (Wildman–Crippen MR) is 93.7 cm³/mol. The lowest BCUT2D eigenvalue weighted by atomic mass is 10.1. The fourth-order valence-electron chi connectivity index (χ4n) is 2.55. The molecule has 3 aromatic rings. The molecule has 1 heterocycles. The summed E-state index contributed by atoms with van der Waals surface area (Å²) in [6.07, 6.45) is 0. The van der Waals surface area contributed by atoms with Gasteiger partial charge in [-0.2, -0.15) is 0 Å². The van der Waals surface area contributed by atoms with Gasteiger partial charge >= 0.3 is 5.97 Å². The van der Waals surface area contributed by atoms with E-state index in [9.17, 15) is 4.79 Å². The first-order valence-corrected chi connectivity index (χ1v) is 8.11. The third-order valence-corrected chi connectivity index (χ3v) is 3.86. The maximum Gasteiger partial charge on any atom is 0.374 e. The van der Waals surface area contributed by atoms with Crippen molar-refractivity contribution in [3.8, 4) is 5.75 Å². The molecule has 130 valence electrons. The molecule has 0 aliphatic rings. The van der Waals surface area contributed by atoms with Crippen molar-refractivity contribution in [1.29, 1.82) is 0 Å². The van der Waals surface area contributed by atoms with E-state index >= 15 is 0 Å². The van der Waals surface area contributed by atoms with Crippen LogP contribution in [0.4, 0.5) is 0 Å². The highest BCUT2D eigenvalue weighted by Crippen LogP contribution is 2.27. The molecule has 0 unspecified atom stereocenters. The summed E-state index contributed by atoms with van der Waals surface area (Å²) in [6.45, 7) is 2.93. The molecular weight excluding hydrogens is 320 g/mol. The van der Waals surface area contributed by atoms with Crippen LogP contribution >= 0.6 is 0 Å². The average molecular weight is 340 g/mol. The van der Waals surface area contributed by atoms with E-state index < -0.39 is 5.97 Å². The molecule has 0 aliphatic carbocycles. The van der Waals surface area contributed by atoms with Gasteiger partial charge in [-0.05, 0) is 30.7 Å². The molecular formula is C20H20O5. The third kappa shape index (κ3) is 3.83. The van der Waals surface area contributed by atoms with Gasteiger partial charge in [0.25, 0.3) is 0 Å². The lowest BCUT2D eigenvalue weighted by Gasteiger charge is -2.06. The van der Waals surface area contributed by atoms with Crippen molar-refractivity contribution in [3.05, 3.63) is 65.4 Å². The first-order valence-electron chi connectivity index (χ1n) is 8.11. The highest BCUT2D eigenvalue weighted by molar-refractivity contribution is 5.96. The number of carbonyl (C=O) groups is 1. The van der Waals surface area contributed by atoms with Crippen LogP contribution in [0, 0.1) is 0 Å². The Hall–Kier alpha value is -2.79. The second-order valence-corrected chi connectivity index (χ2v) is 5.47. The van der Waals surface area contributed by atoms with Gasteiger partial charge < -0.3 is 18.6 Å². The molecule has 3 rings (SSSR count). The molecule has 5 heteroatoms. The number of esters is 1. The first-order chi connectivity index (χ1) is 12.2. The number of methoxy groups -OCH3 is 1. The molecule has 0 atom stereocenters. The number of fused-ring (bicyclic) bond motifs is 1. The van der Waals surface area contributed by atoms with Gasteiger partial charge in [-0.25, -0.2) is 4.79 Å². The van der Waals surface area contributed by atoms with Gasteiger partial charge in [0, 0.05) is 17.6 Å². The molecule has 1 aromatic heterocycles. The van der Waals surface area contributed by atoms with Gasteiger partial charge in [-0.15, -0.1) is 0 Å². The highest BCUT2D eigenvalue weighted by Gasteiger charge is 2.21. The van der Waals surface area contributed by atoms with E-state index in [2.05, 4.69) is 0 Å². The molecule has 5 nitrogen and oxygen atoms in total. The molecule has 0 bridgehead atoms. The van der Waals surface area contributed by atoms with Gasteiger partial charge in [0.2, 0.25) is 5.76 Å². The summed E-state index contributed by atoms with van der Waals surface area (Å²) >= 11 is 0. The van der Waals surface area contributed by atoms with Crippen molar-refractivity contribution in [2.45, 2.75) is 20.1 Å². The number of furan rings is 1. The fourth-order valence-corrected chi connectivity index (χ4v) is 2.55. The summed E-state index contributed by atoms with van der Waals surface area (Å²) in [5.41, 5.74) is 2.24. The van der Waals surface area contributed by atoms with Crippen LogP contribution in [0.5, 0.6) is 5.75 Å². The van der Waals surface area contributed by atoms with E-state index in [1.54, 1.807) is 7.11 Å². The van der Waals surface area contributed by atoms with E-state index in [0.717, 1.165) is 22.3 Å². The Bertz CT molecular complexity index is 848. The van der Waals surface area contributed by atoms with Crippen LogP contribution in [-0.2, 0) is 22.7 Å². The SMILES string of the molecule is CCOCc1c(C(=O)OCc2ccc(OC)cc2)oc2ccccc12. The molecule has 2 aromatic carbocycles. The summed E-state index contributed by atoms with van der Waals surface area (Å²) in [6, 6.07) is 14.9. The second kappa shape index (κ2) is 7.85. The normalized spacial score (nSPS) is 10.8. The quantitative estimate of drug-likeness (QED) is 0.599. The van der Waals surface area contributed by atoms with Crippen LogP contribution in [0.15, 0.2) is 52.9 Å². The van der Waals surface area contributed by atoms with Crippen molar-refractivity contribution in [2.24, 2.45) is 0 Å². The molecule has 0 spiro atoms. The van der Waals surface area contributed by atoms with Crippen LogP contribution < -0.4 is 4.74 Å². The molecule has 0 radical (unpaired) electrons. The molecule has 0 amide bonds. The standard InChI is InChI=1S/C20H20O5/c1-3-23-13-17-16-6-4-5-7-18(16)25-19(17)20(21)24-12-14-8-10-15(22-2)11-9-14/h4-11H,3,12-13H2,1-2H3. The Kier molecular flexibility index (Phi) is 5.36. The number of rotatable bonds is 7. The first kappa shape index (κ1) is 17.0. The number of hydrogen-bond donors (Lipinski definition) is 0. The van der Waals surface area contributed by atoms with Gasteiger partial charge in [0.15, 0.2) is 0 Å². The average Bonchev–Trinajstić information content (AvgIpc) is 3.03. The Morgan fingerprint density at radius 3 is 2.52 bits per heavy atom. The molecule has 0 saturated carbocycles. The Labute approximate surface area is 146 Å². The highest BCUT2D eigenvalue weighted by atomic mass is 16.5. The summed E-state index contributed by atoms with van der Waals surface area (Å²) < 4.78 is 21.7. The van der Waals surface area contributed by atoms with Crippen LogP contribution in [0.25, 0.3) is 11.0 Å². The number of para-hydroxylation sites is 1. The molecule has 0 N–H and O–H groups in total.